The van der Waals surface area contributed by atoms with Crippen molar-refractivity contribution >= 4 is 0 Å². The van der Waals surface area contributed by atoms with Gasteiger partial charge in [0, 0.05) is 25.2 Å². The van der Waals surface area contributed by atoms with Crippen LogP contribution in [0.1, 0.15) is 17.0 Å². The van der Waals surface area contributed by atoms with Crippen molar-refractivity contribution in [2.45, 2.75) is 25.8 Å². The zero-order valence-electron chi connectivity index (χ0n) is 11.2. The van der Waals surface area contributed by atoms with E-state index in [1.165, 1.54) is 12.1 Å². The van der Waals surface area contributed by atoms with Crippen LogP contribution in [0.15, 0.2) is 30.3 Å². The van der Waals surface area contributed by atoms with Crippen LogP contribution in [0.5, 0.6) is 0 Å². The van der Waals surface area contributed by atoms with Crippen molar-refractivity contribution in [2.75, 3.05) is 0 Å². The average molecular weight is 262 g/mol. The lowest BCUT2D eigenvalue weighted by Gasteiger charge is -2.16. The second-order valence-corrected chi connectivity index (χ2v) is 4.80. The summed E-state index contributed by atoms with van der Waals surface area (Å²) >= 11 is 0. The van der Waals surface area contributed by atoms with Crippen LogP contribution in [0, 0.1) is 12.7 Å². The summed E-state index contributed by atoms with van der Waals surface area (Å²) in [5, 5.41) is 4.32. The summed E-state index contributed by atoms with van der Waals surface area (Å²) in [5.74, 6) is 5.38. The second-order valence-electron chi connectivity index (χ2n) is 4.80. The highest BCUT2D eigenvalue weighted by Gasteiger charge is 2.12. The minimum atomic E-state index is -0.219. The quantitative estimate of drug-likeness (QED) is 0.634. The normalized spacial score (nSPS) is 12.6. The van der Waals surface area contributed by atoms with Gasteiger partial charge >= 0.3 is 0 Å². The van der Waals surface area contributed by atoms with Crippen LogP contribution in [0.25, 0.3) is 0 Å². The first kappa shape index (κ1) is 13.7. The van der Waals surface area contributed by atoms with Crippen LogP contribution >= 0.6 is 0 Å². The molecule has 0 saturated carbocycles. The molecule has 2 rings (SSSR count). The number of benzene rings is 1. The fourth-order valence-corrected chi connectivity index (χ4v) is 2.20. The minimum Gasteiger partial charge on any atom is -0.272 e. The van der Waals surface area contributed by atoms with Crippen molar-refractivity contribution in [2.24, 2.45) is 12.9 Å². The molecule has 1 aromatic heterocycles. The van der Waals surface area contributed by atoms with E-state index in [4.69, 9.17) is 5.84 Å². The first-order chi connectivity index (χ1) is 9.08. The topological polar surface area (TPSA) is 55.9 Å². The number of rotatable bonds is 5. The Labute approximate surface area is 112 Å². The van der Waals surface area contributed by atoms with E-state index in [2.05, 4.69) is 16.6 Å². The molecule has 1 atom stereocenters. The molecule has 0 spiro atoms. The standard InChI is InChI=1S/C14H19FN4/c1-10-7-14(19(2)18-10)9-13(17-16)8-11-3-5-12(15)6-4-11/h3-7,13,17H,8-9,16H2,1-2H3. The van der Waals surface area contributed by atoms with E-state index in [9.17, 15) is 4.39 Å². The van der Waals surface area contributed by atoms with Crippen LogP contribution in [0.4, 0.5) is 4.39 Å². The molecule has 0 radical (unpaired) electrons. The molecule has 4 nitrogen and oxygen atoms in total. The first-order valence-electron chi connectivity index (χ1n) is 6.28. The molecular weight excluding hydrogens is 243 g/mol. The summed E-state index contributed by atoms with van der Waals surface area (Å²) < 4.78 is 14.7. The lowest BCUT2D eigenvalue weighted by molar-refractivity contribution is 0.504. The van der Waals surface area contributed by atoms with Gasteiger partial charge in [-0.1, -0.05) is 12.1 Å². The van der Waals surface area contributed by atoms with Crippen molar-refractivity contribution in [3.63, 3.8) is 0 Å². The number of nitrogens with one attached hydrogen (secondary N) is 1. The van der Waals surface area contributed by atoms with E-state index < -0.39 is 0 Å². The van der Waals surface area contributed by atoms with Gasteiger partial charge in [0.2, 0.25) is 0 Å². The van der Waals surface area contributed by atoms with Crippen LogP contribution < -0.4 is 11.3 Å². The van der Waals surface area contributed by atoms with Crippen molar-refractivity contribution in [3.05, 3.63) is 53.1 Å². The van der Waals surface area contributed by atoms with Gasteiger partial charge in [-0.05, 0) is 37.1 Å². The Bertz CT molecular complexity index is 533. The van der Waals surface area contributed by atoms with Crippen LogP contribution in [-0.2, 0) is 19.9 Å². The third kappa shape index (κ3) is 3.62. The Morgan fingerprint density at radius 1 is 1.32 bits per heavy atom. The van der Waals surface area contributed by atoms with E-state index in [1.807, 2.05) is 18.7 Å². The van der Waals surface area contributed by atoms with Crippen molar-refractivity contribution < 1.29 is 4.39 Å². The average Bonchev–Trinajstić information content (AvgIpc) is 2.69. The van der Waals surface area contributed by atoms with Crippen molar-refractivity contribution in [1.82, 2.24) is 15.2 Å². The molecule has 1 unspecified atom stereocenters. The second kappa shape index (κ2) is 5.95. The third-order valence-electron chi connectivity index (χ3n) is 3.19. The molecular formula is C14H19FN4. The molecule has 102 valence electrons. The van der Waals surface area contributed by atoms with Gasteiger partial charge in [-0.25, -0.2) is 4.39 Å². The molecule has 0 saturated heterocycles. The highest BCUT2D eigenvalue weighted by Crippen LogP contribution is 2.10. The summed E-state index contributed by atoms with van der Waals surface area (Å²) in [6.07, 6.45) is 1.53. The van der Waals surface area contributed by atoms with Crippen molar-refractivity contribution in [3.8, 4) is 0 Å². The zero-order chi connectivity index (χ0) is 13.8. The maximum Gasteiger partial charge on any atom is 0.123 e. The molecule has 0 fully saturated rings. The Morgan fingerprint density at radius 2 is 2.00 bits per heavy atom. The largest absolute Gasteiger partial charge is 0.272 e. The number of aromatic nitrogens is 2. The highest BCUT2D eigenvalue weighted by atomic mass is 19.1. The van der Waals surface area contributed by atoms with Gasteiger partial charge in [-0.15, -0.1) is 0 Å². The number of aryl methyl sites for hydroxylation is 2. The predicted molar refractivity (Wildman–Crippen MR) is 72.9 cm³/mol. The summed E-state index contributed by atoms with van der Waals surface area (Å²) in [7, 11) is 1.92. The number of nitrogens with zero attached hydrogens (tertiary/aromatic N) is 2. The Kier molecular flexibility index (Phi) is 4.29. The third-order valence-corrected chi connectivity index (χ3v) is 3.19. The van der Waals surface area contributed by atoms with E-state index >= 15 is 0 Å². The molecule has 1 heterocycles. The Balaban J connectivity index is 2.04. The SMILES string of the molecule is Cc1cc(CC(Cc2ccc(F)cc2)NN)n(C)n1. The van der Waals surface area contributed by atoms with Gasteiger partial charge in [0.05, 0.1) is 5.69 Å². The molecule has 0 aliphatic carbocycles. The maximum atomic E-state index is 12.9. The molecule has 0 aliphatic heterocycles. The monoisotopic (exact) mass is 262 g/mol. The highest BCUT2D eigenvalue weighted by molar-refractivity contribution is 5.18. The number of hydrazine groups is 1. The van der Waals surface area contributed by atoms with Gasteiger partial charge in [0.15, 0.2) is 0 Å². The minimum absolute atomic E-state index is 0.0975. The van der Waals surface area contributed by atoms with Gasteiger partial charge in [-0.2, -0.15) is 5.10 Å². The number of hydrogen-bond acceptors (Lipinski definition) is 3. The van der Waals surface area contributed by atoms with Crippen molar-refractivity contribution in [1.29, 1.82) is 0 Å². The Hall–Kier alpha value is -1.72. The predicted octanol–water partition coefficient (Wildman–Crippen LogP) is 1.48. The molecule has 5 heteroatoms. The molecule has 19 heavy (non-hydrogen) atoms. The fraction of sp³-hybridized carbons (Fsp3) is 0.357. The molecule has 0 aliphatic rings. The summed E-state index contributed by atoms with van der Waals surface area (Å²) in [6, 6.07) is 8.66. The van der Waals surface area contributed by atoms with Crippen LogP contribution in [-0.4, -0.2) is 15.8 Å². The van der Waals surface area contributed by atoms with E-state index in [0.717, 1.165) is 29.8 Å². The van der Waals surface area contributed by atoms with E-state index in [0.29, 0.717) is 0 Å². The Morgan fingerprint density at radius 3 is 2.53 bits per heavy atom. The number of hydrogen-bond donors (Lipinski definition) is 2. The van der Waals surface area contributed by atoms with E-state index in [-0.39, 0.29) is 11.9 Å². The van der Waals surface area contributed by atoms with Gasteiger partial charge in [0.1, 0.15) is 5.82 Å². The molecule has 1 aromatic carbocycles. The fourth-order valence-electron chi connectivity index (χ4n) is 2.20. The van der Waals surface area contributed by atoms with Gasteiger partial charge < -0.3 is 0 Å². The summed E-state index contributed by atoms with van der Waals surface area (Å²) in [4.78, 5) is 0. The lowest BCUT2D eigenvalue weighted by atomic mass is 10.0. The smallest absolute Gasteiger partial charge is 0.123 e. The number of nitrogens with two attached hydrogens (primary N) is 1. The summed E-state index contributed by atoms with van der Waals surface area (Å²) in [5.41, 5.74) is 6.00. The molecule has 0 bridgehead atoms. The molecule has 0 amide bonds. The van der Waals surface area contributed by atoms with Gasteiger partial charge in [0.25, 0.3) is 0 Å². The lowest BCUT2D eigenvalue weighted by Crippen LogP contribution is -2.38. The van der Waals surface area contributed by atoms with Gasteiger partial charge in [-0.3, -0.25) is 16.0 Å². The van der Waals surface area contributed by atoms with Crippen LogP contribution in [0.2, 0.25) is 0 Å². The van der Waals surface area contributed by atoms with Crippen LogP contribution in [0.3, 0.4) is 0 Å². The first-order valence-corrected chi connectivity index (χ1v) is 6.28. The molecule has 3 N–H and O–H groups in total. The van der Waals surface area contributed by atoms with E-state index in [1.54, 1.807) is 12.1 Å². The number of halogens is 1. The zero-order valence-corrected chi connectivity index (χ0v) is 11.2. The summed E-state index contributed by atoms with van der Waals surface area (Å²) in [6.45, 7) is 1.97. The maximum absolute atomic E-state index is 12.9. The molecule has 2 aromatic rings.